The maximum Gasteiger partial charge on any atom is 0.312 e. The maximum atomic E-state index is 11.9. The SMILES string of the molecule is CC(CO/N=C(\[C]=O)c1csc(N)n1)C(=O)OCc1ccccc1. The lowest BCUT2D eigenvalue weighted by Gasteiger charge is -2.10. The molecule has 1 heterocycles. The number of rotatable bonds is 8. The van der Waals surface area contributed by atoms with E-state index in [1.807, 2.05) is 30.3 Å². The van der Waals surface area contributed by atoms with Gasteiger partial charge in [-0.3, -0.25) is 9.59 Å². The molecule has 8 heteroatoms. The van der Waals surface area contributed by atoms with Gasteiger partial charge in [0.15, 0.2) is 10.8 Å². The second-order valence-corrected chi connectivity index (χ2v) is 5.79. The Balaban J connectivity index is 1.81. The average molecular weight is 346 g/mol. The van der Waals surface area contributed by atoms with Crippen LogP contribution in [0.3, 0.4) is 0 Å². The van der Waals surface area contributed by atoms with Crippen molar-refractivity contribution < 1.29 is 19.2 Å². The Morgan fingerprint density at radius 2 is 2.17 bits per heavy atom. The third-order valence-electron chi connectivity index (χ3n) is 2.97. The van der Waals surface area contributed by atoms with Crippen molar-refractivity contribution in [3.05, 3.63) is 47.0 Å². The zero-order chi connectivity index (χ0) is 17.4. The average Bonchev–Trinajstić information content (AvgIpc) is 3.03. The van der Waals surface area contributed by atoms with Crippen molar-refractivity contribution in [1.29, 1.82) is 0 Å². The van der Waals surface area contributed by atoms with Crippen LogP contribution < -0.4 is 5.73 Å². The molecule has 24 heavy (non-hydrogen) atoms. The molecule has 0 aliphatic rings. The zero-order valence-corrected chi connectivity index (χ0v) is 13.8. The molecular weight excluding hydrogens is 330 g/mol. The summed E-state index contributed by atoms with van der Waals surface area (Å²) in [6.07, 6.45) is 1.63. The molecule has 1 aromatic carbocycles. The first-order valence-electron chi connectivity index (χ1n) is 7.10. The van der Waals surface area contributed by atoms with Gasteiger partial charge in [-0.1, -0.05) is 35.5 Å². The van der Waals surface area contributed by atoms with Gasteiger partial charge in [0.05, 0.1) is 5.92 Å². The first-order valence-corrected chi connectivity index (χ1v) is 7.98. The van der Waals surface area contributed by atoms with E-state index in [0.29, 0.717) is 5.13 Å². The number of esters is 1. The van der Waals surface area contributed by atoms with E-state index in [4.69, 9.17) is 15.3 Å². The predicted molar refractivity (Wildman–Crippen MR) is 90.1 cm³/mol. The fourth-order valence-electron chi connectivity index (χ4n) is 1.67. The van der Waals surface area contributed by atoms with Crippen molar-refractivity contribution in [1.82, 2.24) is 4.98 Å². The van der Waals surface area contributed by atoms with Crippen LogP contribution in [0.1, 0.15) is 18.2 Å². The Hall–Kier alpha value is -2.74. The van der Waals surface area contributed by atoms with Gasteiger partial charge in [-0.15, -0.1) is 11.3 Å². The van der Waals surface area contributed by atoms with Crippen molar-refractivity contribution in [2.45, 2.75) is 13.5 Å². The predicted octanol–water partition coefficient (Wildman–Crippen LogP) is 1.94. The normalized spacial score (nSPS) is 12.5. The van der Waals surface area contributed by atoms with Crippen molar-refractivity contribution in [3.8, 4) is 0 Å². The molecule has 1 aromatic heterocycles. The van der Waals surface area contributed by atoms with E-state index in [-0.39, 0.29) is 24.6 Å². The summed E-state index contributed by atoms with van der Waals surface area (Å²) in [7, 11) is 0. The molecule has 1 radical (unpaired) electrons. The van der Waals surface area contributed by atoms with E-state index >= 15 is 0 Å². The molecule has 0 aliphatic carbocycles. The van der Waals surface area contributed by atoms with Crippen LogP contribution >= 0.6 is 11.3 Å². The molecule has 1 unspecified atom stereocenters. The van der Waals surface area contributed by atoms with Crippen LogP contribution in [-0.4, -0.2) is 29.6 Å². The molecule has 0 fully saturated rings. The highest BCUT2D eigenvalue weighted by Crippen LogP contribution is 2.12. The largest absolute Gasteiger partial charge is 0.461 e. The van der Waals surface area contributed by atoms with Gasteiger partial charge in [-0.25, -0.2) is 4.98 Å². The molecule has 0 saturated carbocycles. The topological polar surface area (TPSA) is 104 Å². The highest BCUT2D eigenvalue weighted by atomic mass is 32.1. The number of carbonyl (C=O) groups is 1. The minimum Gasteiger partial charge on any atom is -0.461 e. The van der Waals surface area contributed by atoms with Gasteiger partial charge in [-0.2, -0.15) is 0 Å². The third-order valence-corrected chi connectivity index (χ3v) is 3.64. The minimum atomic E-state index is -0.536. The van der Waals surface area contributed by atoms with Gasteiger partial charge in [0.25, 0.3) is 6.29 Å². The molecule has 1 atom stereocenters. The van der Waals surface area contributed by atoms with Gasteiger partial charge in [-0.05, 0) is 12.5 Å². The zero-order valence-electron chi connectivity index (χ0n) is 13.0. The van der Waals surface area contributed by atoms with E-state index in [1.54, 1.807) is 18.6 Å². The molecule has 0 spiro atoms. The van der Waals surface area contributed by atoms with Gasteiger partial charge in [0.1, 0.15) is 18.9 Å². The summed E-state index contributed by atoms with van der Waals surface area (Å²) < 4.78 is 5.19. The minimum absolute atomic E-state index is 0.0293. The van der Waals surface area contributed by atoms with E-state index in [9.17, 15) is 9.59 Å². The van der Waals surface area contributed by atoms with E-state index in [1.165, 1.54) is 11.3 Å². The summed E-state index contributed by atoms with van der Waals surface area (Å²) in [6.45, 7) is 1.81. The summed E-state index contributed by atoms with van der Waals surface area (Å²) in [5.74, 6) is -0.950. The summed E-state index contributed by atoms with van der Waals surface area (Å²) in [4.78, 5) is 31.7. The smallest absolute Gasteiger partial charge is 0.312 e. The molecule has 0 bridgehead atoms. The summed E-state index contributed by atoms with van der Waals surface area (Å²) in [5, 5.41) is 5.52. The van der Waals surface area contributed by atoms with Crippen LogP contribution in [0.25, 0.3) is 0 Å². The molecular formula is C16H16N3O4S. The Labute approximate surface area is 143 Å². The number of oxime groups is 1. The Bertz CT molecular complexity index is 715. The van der Waals surface area contributed by atoms with E-state index < -0.39 is 11.9 Å². The quantitative estimate of drug-likeness (QED) is 0.445. The molecule has 0 aliphatic heterocycles. The molecule has 125 valence electrons. The molecule has 2 rings (SSSR count). The Morgan fingerprint density at radius 3 is 2.79 bits per heavy atom. The monoisotopic (exact) mass is 346 g/mol. The van der Waals surface area contributed by atoms with Crippen LogP contribution in [0.2, 0.25) is 0 Å². The first-order chi connectivity index (χ1) is 11.6. The number of nitrogen functional groups attached to an aromatic ring is 1. The highest BCUT2D eigenvalue weighted by Gasteiger charge is 2.16. The number of hydrogen-bond donors (Lipinski definition) is 1. The number of ether oxygens (including phenoxy) is 1. The molecule has 2 aromatic rings. The molecule has 2 N–H and O–H groups in total. The lowest BCUT2D eigenvalue weighted by atomic mass is 10.2. The molecule has 0 saturated heterocycles. The van der Waals surface area contributed by atoms with Crippen molar-refractivity contribution in [2.24, 2.45) is 11.1 Å². The maximum absolute atomic E-state index is 11.9. The van der Waals surface area contributed by atoms with Crippen LogP contribution in [0.15, 0.2) is 40.9 Å². The van der Waals surface area contributed by atoms with Crippen LogP contribution in [0.5, 0.6) is 0 Å². The number of anilines is 1. The third kappa shape index (κ3) is 5.17. The van der Waals surface area contributed by atoms with Gasteiger partial charge in [0.2, 0.25) is 0 Å². The van der Waals surface area contributed by atoms with E-state index in [0.717, 1.165) is 5.56 Å². The lowest BCUT2D eigenvalue weighted by molar-refractivity contribution is -0.151. The molecule has 7 nitrogen and oxygen atoms in total. The van der Waals surface area contributed by atoms with Gasteiger partial charge in [0, 0.05) is 5.38 Å². The van der Waals surface area contributed by atoms with Gasteiger partial charge >= 0.3 is 5.97 Å². The number of thiazole rings is 1. The van der Waals surface area contributed by atoms with Crippen LogP contribution in [-0.2, 0) is 25.8 Å². The lowest BCUT2D eigenvalue weighted by Crippen LogP contribution is -2.19. The van der Waals surface area contributed by atoms with Crippen molar-refractivity contribution in [3.63, 3.8) is 0 Å². The second-order valence-electron chi connectivity index (χ2n) is 4.90. The van der Waals surface area contributed by atoms with E-state index in [2.05, 4.69) is 10.1 Å². The van der Waals surface area contributed by atoms with Crippen LogP contribution in [0, 0.1) is 5.92 Å². The number of nitrogens with zero attached hydrogens (tertiary/aromatic N) is 2. The highest BCUT2D eigenvalue weighted by molar-refractivity contribution is 7.13. The van der Waals surface area contributed by atoms with Crippen LogP contribution in [0.4, 0.5) is 5.13 Å². The number of hydrogen-bond acceptors (Lipinski definition) is 8. The Kier molecular flexibility index (Phi) is 6.44. The number of aromatic nitrogens is 1. The number of benzene rings is 1. The van der Waals surface area contributed by atoms with Crippen molar-refractivity contribution >= 4 is 34.4 Å². The standard InChI is InChI=1S/C16H16N3O4S/c1-11(15(21)22-9-12-5-3-2-4-6-12)8-23-19-13(7-20)14-10-24-16(17)18-14/h2-6,10-11H,8-9H2,1H3,(H2,17,18)/b19-13+. The summed E-state index contributed by atoms with van der Waals surface area (Å²) in [6, 6.07) is 9.35. The Morgan fingerprint density at radius 1 is 1.42 bits per heavy atom. The fourth-order valence-corrected chi connectivity index (χ4v) is 2.21. The van der Waals surface area contributed by atoms with Crippen molar-refractivity contribution in [2.75, 3.05) is 12.3 Å². The van der Waals surface area contributed by atoms with Gasteiger partial charge < -0.3 is 15.3 Å². The number of carbonyl (C=O) groups excluding carboxylic acids is 2. The summed E-state index contributed by atoms with van der Waals surface area (Å²) >= 11 is 1.17. The summed E-state index contributed by atoms with van der Waals surface area (Å²) in [5.41, 5.74) is 6.57. The number of nitrogens with two attached hydrogens (primary N) is 1. The molecule has 0 amide bonds. The first kappa shape index (κ1) is 17.6. The second kappa shape index (κ2) is 8.78. The fraction of sp³-hybridized carbons (Fsp3) is 0.250.